The van der Waals surface area contributed by atoms with E-state index in [0.717, 1.165) is 42.3 Å². The van der Waals surface area contributed by atoms with Gasteiger partial charge in [0.2, 0.25) is 0 Å². The first-order chi connectivity index (χ1) is 12.3. The summed E-state index contributed by atoms with van der Waals surface area (Å²) in [4.78, 5) is 0. The van der Waals surface area contributed by atoms with E-state index in [1.165, 1.54) is 11.1 Å². The fourth-order valence-electron chi connectivity index (χ4n) is 3.19. The van der Waals surface area contributed by atoms with Crippen LogP contribution < -0.4 is 10.1 Å². The minimum atomic E-state index is 0.652. The Bertz CT molecular complexity index is 934. The highest BCUT2D eigenvalue weighted by atomic mass is 16.5. The highest BCUT2D eigenvalue weighted by Gasteiger charge is 2.23. The molecule has 5 heteroatoms. The van der Waals surface area contributed by atoms with Gasteiger partial charge in [-0.05, 0) is 48.4 Å². The third kappa shape index (κ3) is 2.83. The lowest BCUT2D eigenvalue weighted by Crippen LogP contribution is -2.05. The molecule has 0 saturated carbocycles. The third-order valence-corrected chi connectivity index (χ3v) is 4.51. The van der Waals surface area contributed by atoms with E-state index in [9.17, 15) is 0 Å². The molecule has 1 aliphatic rings. The van der Waals surface area contributed by atoms with Crippen LogP contribution in [0.2, 0.25) is 0 Å². The predicted molar refractivity (Wildman–Crippen MR) is 96.3 cm³/mol. The van der Waals surface area contributed by atoms with E-state index in [2.05, 4.69) is 23.5 Å². The van der Waals surface area contributed by atoms with Crippen molar-refractivity contribution in [3.63, 3.8) is 0 Å². The average Bonchev–Trinajstić information content (AvgIpc) is 3.26. The molecule has 1 aliphatic heterocycles. The fourth-order valence-corrected chi connectivity index (χ4v) is 3.19. The summed E-state index contributed by atoms with van der Waals surface area (Å²) in [6, 6.07) is 17.8. The number of ether oxygens (including phenoxy) is 1. The van der Waals surface area contributed by atoms with Crippen molar-refractivity contribution in [1.29, 1.82) is 5.26 Å². The van der Waals surface area contributed by atoms with Crippen LogP contribution in [0.1, 0.15) is 22.4 Å². The minimum Gasteiger partial charge on any atom is -0.497 e. The van der Waals surface area contributed by atoms with Crippen LogP contribution in [0.25, 0.3) is 5.69 Å². The molecule has 0 saturated heterocycles. The summed E-state index contributed by atoms with van der Waals surface area (Å²) in [5.74, 6) is 1.92. The molecule has 0 bridgehead atoms. The summed E-state index contributed by atoms with van der Waals surface area (Å²) in [6.45, 7) is 0.930. The van der Waals surface area contributed by atoms with Crippen LogP contribution in [0.3, 0.4) is 0 Å². The van der Waals surface area contributed by atoms with Gasteiger partial charge in [0, 0.05) is 18.5 Å². The van der Waals surface area contributed by atoms with Gasteiger partial charge < -0.3 is 10.1 Å². The van der Waals surface area contributed by atoms with Gasteiger partial charge in [0.25, 0.3) is 0 Å². The summed E-state index contributed by atoms with van der Waals surface area (Å²) in [5.41, 5.74) is 5.19. The number of fused-ring (bicyclic) bond motifs is 1. The Morgan fingerprint density at radius 3 is 2.60 bits per heavy atom. The van der Waals surface area contributed by atoms with Crippen LogP contribution in [-0.4, -0.2) is 23.4 Å². The van der Waals surface area contributed by atoms with E-state index in [4.69, 9.17) is 15.1 Å². The zero-order valence-electron chi connectivity index (χ0n) is 14.0. The van der Waals surface area contributed by atoms with E-state index >= 15 is 0 Å². The lowest BCUT2D eigenvalue weighted by Gasteiger charge is -2.06. The van der Waals surface area contributed by atoms with Crippen molar-refractivity contribution in [2.45, 2.75) is 12.8 Å². The van der Waals surface area contributed by atoms with Gasteiger partial charge in [0.05, 0.1) is 30.1 Å². The van der Waals surface area contributed by atoms with Crippen molar-refractivity contribution in [2.24, 2.45) is 0 Å². The van der Waals surface area contributed by atoms with Gasteiger partial charge in [-0.2, -0.15) is 10.4 Å². The summed E-state index contributed by atoms with van der Waals surface area (Å²) in [6.07, 6.45) is 1.77. The number of rotatable bonds is 4. The molecule has 1 aromatic heterocycles. The fraction of sp³-hybridized carbons (Fsp3) is 0.200. The molecule has 4 rings (SSSR count). The number of nitrogens with one attached hydrogen (secondary N) is 1. The minimum absolute atomic E-state index is 0.652. The molecule has 2 heterocycles. The Morgan fingerprint density at radius 2 is 1.92 bits per heavy atom. The van der Waals surface area contributed by atoms with Gasteiger partial charge in [-0.3, -0.25) is 0 Å². The summed E-state index contributed by atoms with van der Waals surface area (Å²) in [7, 11) is 1.67. The molecule has 124 valence electrons. The van der Waals surface area contributed by atoms with Crippen molar-refractivity contribution in [3.8, 4) is 17.5 Å². The van der Waals surface area contributed by atoms with Gasteiger partial charge in [-0.1, -0.05) is 12.1 Å². The van der Waals surface area contributed by atoms with E-state index in [1.54, 1.807) is 7.11 Å². The Labute approximate surface area is 146 Å². The quantitative estimate of drug-likeness (QED) is 0.797. The molecule has 2 aromatic carbocycles. The predicted octanol–water partition coefficient (Wildman–Crippen LogP) is 3.31. The number of hydrogen-bond donors (Lipinski definition) is 1. The molecule has 0 aliphatic carbocycles. The number of hydrogen-bond acceptors (Lipinski definition) is 4. The number of anilines is 1. The number of nitriles is 1. The van der Waals surface area contributed by atoms with Gasteiger partial charge in [-0.25, -0.2) is 4.68 Å². The van der Waals surface area contributed by atoms with E-state index in [0.29, 0.717) is 5.56 Å². The van der Waals surface area contributed by atoms with Crippen molar-refractivity contribution < 1.29 is 4.74 Å². The zero-order valence-corrected chi connectivity index (χ0v) is 14.0. The summed E-state index contributed by atoms with van der Waals surface area (Å²) in [5, 5.41) is 17.2. The van der Waals surface area contributed by atoms with Crippen molar-refractivity contribution >= 4 is 5.82 Å². The summed E-state index contributed by atoms with van der Waals surface area (Å²) < 4.78 is 7.17. The van der Waals surface area contributed by atoms with Crippen LogP contribution in [-0.2, 0) is 12.8 Å². The second kappa shape index (κ2) is 6.33. The largest absolute Gasteiger partial charge is 0.497 e. The molecule has 0 amide bonds. The Hall–Kier alpha value is -3.26. The van der Waals surface area contributed by atoms with Crippen LogP contribution in [0, 0.1) is 11.3 Å². The zero-order chi connectivity index (χ0) is 17.2. The smallest absolute Gasteiger partial charge is 0.133 e. The molecule has 25 heavy (non-hydrogen) atoms. The Morgan fingerprint density at radius 1 is 1.16 bits per heavy atom. The molecular formula is C20H18N4O. The maximum Gasteiger partial charge on any atom is 0.133 e. The van der Waals surface area contributed by atoms with Crippen LogP contribution in [0.15, 0.2) is 48.5 Å². The van der Waals surface area contributed by atoms with Gasteiger partial charge in [0.15, 0.2) is 0 Å². The number of benzene rings is 2. The van der Waals surface area contributed by atoms with E-state index < -0.39 is 0 Å². The second-order valence-corrected chi connectivity index (χ2v) is 6.05. The van der Waals surface area contributed by atoms with Crippen molar-refractivity contribution in [1.82, 2.24) is 9.78 Å². The molecular weight excluding hydrogens is 312 g/mol. The molecule has 0 spiro atoms. The van der Waals surface area contributed by atoms with Gasteiger partial charge in [0.1, 0.15) is 11.6 Å². The van der Waals surface area contributed by atoms with E-state index in [1.807, 2.05) is 41.1 Å². The monoisotopic (exact) mass is 330 g/mol. The molecule has 0 fully saturated rings. The summed E-state index contributed by atoms with van der Waals surface area (Å²) >= 11 is 0. The van der Waals surface area contributed by atoms with E-state index in [-0.39, 0.29) is 0 Å². The number of nitrogens with zero attached hydrogens (tertiary/aromatic N) is 3. The Kier molecular flexibility index (Phi) is 3.87. The molecule has 3 aromatic rings. The maximum atomic E-state index is 8.97. The Balaban J connectivity index is 1.68. The average molecular weight is 330 g/mol. The molecule has 0 radical (unpaired) electrons. The van der Waals surface area contributed by atoms with Crippen LogP contribution in [0.5, 0.6) is 5.75 Å². The molecule has 5 nitrogen and oxygen atoms in total. The number of aromatic nitrogens is 2. The molecule has 0 atom stereocenters. The SMILES string of the molecule is COc1ccc(Cc2nn(-c3ccc(C#N)cc3)c3c2CCN3)cc1. The van der Waals surface area contributed by atoms with Crippen LogP contribution >= 0.6 is 0 Å². The van der Waals surface area contributed by atoms with Crippen molar-refractivity contribution in [3.05, 3.63) is 70.9 Å². The molecule has 0 unspecified atom stereocenters. The number of methoxy groups -OCH3 is 1. The first kappa shape index (κ1) is 15.3. The topological polar surface area (TPSA) is 62.9 Å². The van der Waals surface area contributed by atoms with Gasteiger partial charge in [-0.15, -0.1) is 0 Å². The first-order valence-corrected chi connectivity index (χ1v) is 8.26. The lowest BCUT2D eigenvalue weighted by molar-refractivity contribution is 0.414. The second-order valence-electron chi connectivity index (χ2n) is 6.05. The normalized spacial score (nSPS) is 12.3. The lowest BCUT2D eigenvalue weighted by atomic mass is 10.1. The standard InChI is InChI=1S/C20H18N4O/c1-25-17-8-4-14(5-9-17)12-19-18-10-11-22-20(18)24(23-19)16-6-2-15(13-21)3-7-16/h2-9,22H,10-12H2,1H3. The molecule has 1 N–H and O–H groups in total. The first-order valence-electron chi connectivity index (χ1n) is 8.26. The maximum absolute atomic E-state index is 8.97. The highest BCUT2D eigenvalue weighted by Crippen LogP contribution is 2.30. The van der Waals surface area contributed by atoms with Crippen molar-refractivity contribution in [2.75, 3.05) is 19.0 Å². The third-order valence-electron chi connectivity index (χ3n) is 4.51. The van der Waals surface area contributed by atoms with Crippen LogP contribution in [0.4, 0.5) is 5.82 Å². The van der Waals surface area contributed by atoms with Gasteiger partial charge >= 0.3 is 0 Å². The highest BCUT2D eigenvalue weighted by molar-refractivity contribution is 5.58.